The van der Waals surface area contributed by atoms with Crippen molar-refractivity contribution in [2.45, 2.75) is 39.2 Å². The lowest BCUT2D eigenvalue weighted by Gasteiger charge is -1.95. The van der Waals surface area contributed by atoms with Gasteiger partial charge in [0.2, 0.25) is 0 Å². The second kappa shape index (κ2) is 8.06. The van der Waals surface area contributed by atoms with Gasteiger partial charge in [0.1, 0.15) is 6.54 Å². The van der Waals surface area contributed by atoms with Crippen LogP contribution in [0.3, 0.4) is 0 Å². The van der Waals surface area contributed by atoms with Crippen LogP contribution in [0.1, 0.15) is 32.6 Å². The van der Waals surface area contributed by atoms with E-state index in [2.05, 4.69) is 42.1 Å². The van der Waals surface area contributed by atoms with Gasteiger partial charge in [-0.2, -0.15) is 0 Å². The van der Waals surface area contributed by atoms with Crippen LogP contribution in [-0.4, -0.2) is 0 Å². The highest BCUT2D eigenvalue weighted by molar-refractivity contribution is 4.83. The lowest BCUT2D eigenvalue weighted by atomic mass is 10.2. The van der Waals surface area contributed by atoms with E-state index in [0.717, 1.165) is 0 Å². The number of aryl methyl sites for hydroxylation is 1. The molecule has 0 saturated carbocycles. The van der Waals surface area contributed by atoms with E-state index in [-0.39, 0.29) is 12.4 Å². The van der Waals surface area contributed by atoms with Gasteiger partial charge in [0.15, 0.2) is 12.4 Å². The molecule has 13 heavy (non-hydrogen) atoms. The number of pyridine rings is 1. The minimum Gasteiger partial charge on any atom is -1.00 e. The van der Waals surface area contributed by atoms with Crippen molar-refractivity contribution in [1.29, 1.82) is 0 Å². The topological polar surface area (TPSA) is 3.88 Å². The lowest BCUT2D eigenvalue weighted by molar-refractivity contribution is -0.697. The van der Waals surface area contributed by atoms with Gasteiger partial charge in [-0.1, -0.05) is 25.8 Å². The molecule has 0 unspecified atom stereocenters. The summed E-state index contributed by atoms with van der Waals surface area (Å²) in [5, 5.41) is 0. The first-order chi connectivity index (χ1) is 5.93. The Morgan fingerprint density at radius 3 is 2.23 bits per heavy atom. The number of hydrogen-bond donors (Lipinski definition) is 0. The summed E-state index contributed by atoms with van der Waals surface area (Å²) >= 11 is 0. The van der Waals surface area contributed by atoms with Crippen molar-refractivity contribution in [3.63, 3.8) is 0 Å². The maximum Gasteiger partial charge on any atom is 0.168 e. The predicted octanol–water partition coefficient (Wildman–Crippen LogP) is -0.442. The molecule has 0 aliphatic heterocycles. The molecule has 0 aliphatic rings. The minimum atomic E-state index is 0. The standard InChI is InChI=1S/C11H18N.ClH/c1-2-3-4-6-9-12-10-7-5-8-11-12;/h5,7-8,10-11H,2-4,6,9H2,1H3;1H/q+1;/p-1. The normalized spacial score (nSPS) is 9.31. The smallest absolute Gasteiger partial charge is 0.168 e. The number of rotatable bonds is 5. The number of hydrogen-bond acceptors (Lipinski definition) is 0. The van der Waals surface area contributed by atoms with E-state index in [1.165, 1.54) is 32.2 Å². The molecular formula is C11H18ClN. The van der Waals surface area contributed by atoms with E-state index >= 15 is 0 Å². The zero-order valence-electron chi connectivity index (χ0n) is 8.25. The van der Waals surface area contributed by atoms with Gasteiger partial charge in [0, 0.05) is 18.6 Å². The van der Waals surface area contributed by atoms with Crippen LogP contribution < -0.4 is 17.0 Å². The molecule has 1 rings (SSSR count). The summed E-state index contributed by atoms with van der Waals surface area (Å²) in [6.07, 6.45) is 9.62. The van der Waals surface area contributed by atoms with Crippen molar-refractivity contribution < 1.29 is 17.0 Å². The summed E-state index contributed by atoms with van der Waals surface area (Å²) in [7, 11) is 0. The third-order valence-corrected chi connectivity index (χ3v) is 2.05. The average molecular weight is 200 g/mol. The van der Waals surface area contributed by atoms with Crippen LogP contribution in [0.4, 0.5) is 0 Å². The molecule has 1 heterocycles. The summed E-state index contributed by atoms with van der Waals surface area (Å²) in [5.74, 6) is 0. The van der Waals surface area contributed by atoms with Gasteiger partial charge in [-0.3, -0.25) is 0 Å². The van der Waals surface area contributed by atoms with Crippen LogP contribution in [0.25, 0.3) is 0 Å². The molecule has 0 amide bonds. The molecule has 0 N–H and O–H groups in total. The van der Waals surface area contributed by atoms with E-state index in [1.807, 2.05) is 0 Å². The average Bonchev–Trinajstić information content (AvgIpc) is 2.14. The second-order valence-corrected chi connectivity index (χ2v) is 3.17. The molecule has 0 spiro atoms. The van der Waals surface area contributed by atoms with Crippen LogP contribution >= 0.6 is 0 Å². The zero-order valence-corrected chi connectivity index (χ0v) is 9.00. The molecule has 2 heteroatoms. The molecule has 0 fully saturated rings. The van der Waals surface area contributed by atoms with Gasteiger partial charge in [0.25, 0.3) is 0 Å². The van der Waals surface area contributed by atoms with E-state index in [9.17, 15) is 0 Å². The van der Waals surface area contributed by atoms with Crippen molar-refractivity contribution in [2.24, 2.45) is 0 Å². The van der Waals surface area contributed by atoms with Crippen molar-refractivity contribution in [3.05, 3.63) is 30.6 Å². The quantitative estimate of drug-likeness (QED) is 0.447. The Morgan fingerprint density at radius 2 is 1.62 bits per heavy atom. The fraction of sp³-hybridized carbons (Fsp3) is 0.545. The molecule has 0 saturated heterocycles. The Balaban J connectivity index is 0.00000144. The molecule has 0 aromatic carbocycles. The third kappa shape index (κ3) is 5.64. The molecular weight excluding hydrogens is 182 g/mol. The molecule has 0 aliphatic carbocycles. The van der Waals surface area contributed by atoms with Crippen molar-refractivity contribution in [3.8, 4) is 0 Å². The van der Waals surface area contributed by atoms with Crippen molar-refractivity contribution >= 4 is 0 Å². The summed E-state index contributed by atoms with van der Waals surface area (Å²) in [4.78, 5) is 0. The molecule has 1 nitrogen and oxygen atoms in total. The van der Waals surface area contributed by atoms with Gasteiger partial charge in [-0.15, -0.1) is 0 Å². The van der Waals surface area contributed by atoms with Crippen LogP contribution in [0.2, 0.25) is 0 Å². The first-order valence-electron chi connectivity index (χ1n) is 4.87. The van der Waals surface area contributed by atoms with Gasteiger partial charge in [-0.25, -0.2) is 4.57 Å². The van der Waals surface area contributed by atoms with Crippen molar-refractivity contribution in [1.82, 2.24) is 0 Å². The summed E-state index contributed by atoms with van der Waals surface area (Å²) in [6.45, 7) is 3.41. The number of unbranched alkanes of at least 4 members (excludes halogenated alkanes) is 3. The van der Waals surface area contributed by atoms with Crippen LogP contribution in [-0.2, 0) is 6.54 Å². The highest BCUT2D eigenvalue weighted by Gasteiger charge is 1.95. The molecule has 1 aromatic heterocycles. The molecule has 1 aromatic rings. The van der Waals surface area contributed by atoms with Gasteiger partial charge < -0.3 is 12.4 Å². The molecule has 74 valence electrons. The highest BCUT2D eigenvalue weighted by Crippen LogP contribution is 1.97. The van der Waals surface area contributed by atoms with E-state index in [0.29, 0.717) is 0 Å². The first kappa shape index (κ1) is 12.4. The monoisotopic (exact) mass is 199 g/mol. The maximum absolute atomic E-state index is 2.25. The summed E-state index contributed by atoms with van der Waals surface area (Å²) < 4.78 is 2.25. The fourth-order valence-corrected chi connectivity index (χ4v) is 1.30. The summed E-state index contributed by atoms with van der Waals surface area (Å²) in [5.41, 5.74) is 0. The van der Waals surface area contributed by atoms with E-state index in [1.54, 1.807) is 0 Å². The highest BCUT2D eigenvalue weighted by atomic mass is 35.5. The Hall–Kier alpha value is -0.560. The van der Waals surface area contributed by atoms with Gasteiger partial charge >= 0.3 is 0 Å². The van der Waals surface area contributed by atoms with Crippen LogP contribution in [0.15, 0.2) is 30.6 Å². The Kier molecular flexibility index (Phi) is 7.71. The number of nitrogens with zero attached hydrogens (tertiary/aromatic N) is 1. The number of halogens is 1. The zero-order chi connectivity index (χ0) is 8.65. The second-order valence-electron chi connectivity index (χ2n) is 3.17. The predicted molar refractivity (Wildman–Crippen MR) is 50.8 cm³/mol. The third-order valence-electron chi connectivity index (χ3n) is 2.05. The first-order valence-corrected chi connectivity index (χ1v) is 4.87. The Bertz CT molecular complexity index is 199. The van der Waals surface area contributed by atoms with Crippen LogP contribution in [0.5, 0.6) is 0 Å². The Morgan fingerprint density at radius 1 is 0.923 bits per heavy atom. The van der Waals surface area contributed by atoms with Gasteiger partial charge in [-0.05, 0) is 6.42 Å². The SMILES string of the molecule is CCCCCC[n+]1ccccc1.[Cl-]. The Labute approximate surface area is 87.2 Å². The number of aromatic nitrogens is 1. The minimum absolute atomic E-state index is 0. The molecule has 0 radical (unpaired) electrons. The maximum atomic E-state index is 2.25. The van der Waals surface area contributed by atoms with Crippen molar-refractivity contribution in [2.75, 3.05) is 0 Å². The lowest BCUT2D eigenvalue weighted by Crippen LogP contribution is -3.00. The van der Waals surface area contributed by atoms with Gasteiger partial charge in [0.05, 0.1) is 0 Å². The molecule has 0 bridgehead atoms. The van der Waals surface area contributed by atoms with E-state index in [4.69, 9.17) is 0 Å². The van der Waals surface area contributed by atoms with Crippen LogP contribution in [0, 0.1) is 0 Å². The summed E-state index contributed by atoms with van der Waals surface area (Å²) in [6, 6.07) is 6.22. The van der Waals surface area contributed by atoms with E-state index < -0.39 is 0 Å². The largest absolute Gasteiger partial charge is 1.00 e. The molecule has 0 atom stereocenters. The fourth-order valence-electron chi connectivity index (χ4n) is 1.30.